The van der Waals surface area contributed by atoms with Gasteiger partial charge in [-0.05, 0) is 80.2 Å². The molecule has 3 aromatic rings. The topological polar surface area (TPSA) is 88.7 Å². The lowest BCUT2D eigenvalue weighted by molar-refractivity contribution is 0.340. The van der Waals surface area contributed by atoms with Crippen LogP contribution < -0.4 is 24.8 Å². The third kappa shape index (κ3) is 5.89. The van der Waals surface area contributed by atoms with E-state index in [4.69, 9.17) is 21.7 Å². The molecule has 0 amide bonds. The Hall–Kier alpha value is -3.30. The van der Waals surface area contributed by atoms with E-state index in [-0.39, 0.29) is 4.90 Å². The van der Waals surface area contributed by atoms with Gasteiger partial charge in [-0.2, -0.15) is 0 Å². The van der Waals surface area contributed by atoms with Crippen molar-refractivity contribution >= 4 is 44.4 Å². The Morgan fingerprint density at radius 3 is 2.31 bits per heavy atom. The first-order chi connectivity index (χ1) is 15.3. The molecular weight excluding hydrogens is 446 g/mol. The van der Waals surface area contributed by atoms with Gasteiger partial charge >= 0.3 is 0 Å². The van der Waals surface area contributed by atoms with Crippen LogP contribution in [0.4, 0.5) is 17.1 Å². The molecule has 7 nitrogen and oxygen atoms in total. The van der Waals surface area contributed by atoms with Gasteiger partial charge in [-0.1, -0.05) is 18.2 Å². The van der Waals surface area contributed by atoms with Gasteiger partial charge in [0.15, 0.2) is 5.11 Å². The highest BCUT2D eigenvalue weighted by Gasteiger charge is 2.19. The fourth-order valence-corrected chi connectivity index (χ4v) is 4.57. The minimum absolute atomic E-state index is 0.136. The van der Waals surface area contributed by atoms with Crippen LogP contribution in [-0.4, -0.2) is 27.2 Å². The van der Waals surface area contributed by atoms with Crippen LogP contribution in [0.25, 0.3) is 0 Å². The standard InChI is InChI=1S/C23H25N3O4S2/c1-4-30-19-13-11-17(12-14-19)24-23(31)25-18-10-9-16(2)22(15-18)32(27,28)26-20-7-5-6-8-21(20)29-3/h5-15,26H,4H2,1-3H3,(H2,24,25,31). The van der Waals surface area contributed by atoms with Crippen LogP contribution in [0.3, 0.4) is 0 Å². The number of hydrogen-bond acceptors (Lipinski definition) is 5. The monoisotopic (exact) mass is 471 g/mol. The fraction of sp³-hybridized carbons (Fsp3) is 0.174. The quantitative estimate of drug-likeness (QED) is 0.398. The van der Waals surface area contributed by atoms with Crippen molar-refractivity contribution in [2.75, 3.05) is 29.1 Å². The molecule has 3 N–H and O–H groups in total. The highest BCUT2D eigenvalue weighted by molar-refractivity contribution is 7.92. The SMILES string of the molecule is CCOc1ccc(NC(=S)Nc2ccc(C)c(S(=O)(=O)Nc3ccccc3OC)c2)cc1. The predicted octanol–water partition coefficient (Wildman–Crippen LogP) is 5.01. The number of hydrogen-bond donors (Lipinski definition) is 3. The summed E-state index contributed by atoms with van der Waals surface area (Å²) in [7, 11) is -2.36. The van der Waals surface area contributed by atoms with Crippen LogP contribution >= 0.6 is 12.2 Å². The predicted molar refractivity (Wildman–Crippen MR) is 132 cm³/mol. The Balaban J connectivity index is 1.75. The molecule has 0 bridgehead atoms. The van der Waals surface area contributed by atoms with Crippen molar-refractivity contribution in [3.8, 4) is 11.5 Å². The molecule has 0 aromatic heterocycles. The molecule has 0 spiro atoms. The van der Waals surface area contributed by atoms with Crippen LogP contribution in [0.2, 0.25) is 0 Å². The van der Waals surface area contributed by atoms with Gasteiger partial charge in [-0.3, -0.25) is 4.72 Å². The number of anilines is 3. The number of rotatable bonds is 8. The van der Waals surface area contributed by atoms with Crippen molar-refractivity contribution in [3.63, 3.8) is 0 Å². The summed E-state index contributed by atoms with van der Waals surface area (Å²) in [5.74, 6) is 1.21. The Morgan fingerprint density at radius 2 is 1.62 bits per heavy atom. The molecule has 0 atom stereocenters. The fourth-order valence-electron chi connectivity index (χ4n) is 2.99. The zero-order chi connectivity index (χ0) is 23.1. The lowest BCUT2D eigenvalue weighted by Crippen LogP contribution is -2.20. The second-order valence-electron chi connectivity index (χ2n) is 6.82. The van der Waals surface area contributed by atoms with E-state index in [1.54, 1.807) is 49.4 Å². The number of ether oxygens (including phenoxy) is 2. The van der Waals surface area contributed by atoms with Gasteiger partial charge in [0.1, 0.15) is 11.5 Å². The maximum Gasteiger partial charge on any atom is 0.262 e. The van der Waals surface area contributed by atoms with Crippen molar-refractivity contribution < 1.29 is 17.9 Å². The molecule has 9 heteroatoms. The number of methoxy groups -OCH3 is 1. The highest BCUT2D eigenvalue weighted by atomic mass is 32.2. The van der Waals surface area contributed by atoms with Crippen LogP contribution in [0, 0.1) is 6.92 Å². The summed E-state index contributed by atoms with van der Waals surface area (Å²) in [6.45, 7) is 4.25. The summed E-state index contributed by atoms with van der Waals surface area (Å²) in [6, 6.07) is 19.2. The van der Waals surface area contributed by atoms with Crippen LogP contribution in [-0.2, 0) is 10.0 Å². The Bertz CT molecular complexity index is 1200. The average molecular weight is 472 g/mol. The smallest absolute Gasteiger partial charge is 0.262 e. The molecule has 3 rings (SSSR count). The molecule has 0 aliphatic rings. The van der Waals surface area contributed by atoms with Gasteiger partial charge in [0.25, 0.3) is 10.0 Å². The summed E-state index contributed by atoms with van der Waals surface area (Å²) in [4.78, 5) is 0.136. The summed E-state index contributed by atoms with van der Waals surface area (Å²) in [5, 5.41) is 6.43. The summed E-state index contributed by atoms with van der Waals surface area (Å²) < 4.78 is 39.4. The van der Waals surface area contributed by atoms with E-state index in [1.165, 1.54) is 7.11 Å². The lowest BCUT2D eigenvalue weighted by atomic mass is 10.2. The second-order valence-corrected chi connectivity index (χ2v) is 8.88. The third-order valence-corrected chi connectivity index (χ3v) is 6.22. The lowest BCUT2D eigenvalue weighted by Gasteiger charge is -2.15. The zero-order valence-electron chi connectivity index (χ0n) is 18.0. The van der Waals surface area contributed by atoms with Crippen molar-refractivity contribution in [1.29, 1.82) is 0 Å². The normalized spacial score (nSPS) is 10.8. The molecule has 0 aliphatic carbocycles. The third-order valence-electron chi connectivity index (χ3n) is 4.51. The van der Waals surface area contributed by atoms with Crippen LogP contribution in [0.15, 0.2) is 71.6 Å². The molecule has 0 heterocycles. The Kier molecular flexibility index (Phi) is 7.55. The minimum atomic E-state index is -3.85. The number of para-hydroxylation sites is 2. The minimum Gasteiger partial charge on any atom is -0.495 e. The van der Waals surface area contributed by atoms with E-state index in [0.717, 1.165) is 11.4 Å². The van der Waals surface area contributed by atoms with Gasteiger partial charge < -0.3 is 20.1 Å². The van der Waals surface area contributed by atoms with Gasteiger partial charge in [-0.25, -0.2) is 8.42 Å². The van der Waals surface area contributed by atoms with E-state index in [2.05, 4.69) is 15.4 Å². The van der Waals surface area contributed by atoms with Crippen molar-refractivity contribution in [2.24, 2.45) is 0 Å². The van der Waals surface area contributed by atoms with E-state index in [0.29, 0.717) is 34.4 Å². The van der Waals surface area contributed by atoms with Crippen LogP contribution in [0.1, 0.15) is 12.5 Å². The van der Waals surface area contributed by atoms with E-state index in [1.807, 2.05) is 31.2 Å². The van der Waals surface area contributed by atoms with E-state index < -0.39 is 10.0 Å². The van der Waals surface area contributed by atoms with E-state index >= 15 is 0 Å². The summed E-state index contributed by atoms with van der Waals surface area (Å²) in [6.07, 6.45) is 0. The van der Waals surface area contributed by atoms with Gasteiger partial charge in [0.2, 0.25) is 0 Å². The van der Waals surface area contributed by atoms with Crippen LogP contribution in [0.5, 0.6) is 11.5 Å². The zero-order valence-corrected chi connectivity index (χ0v) is 19.6. The first-order valence-electron chi connectivity index (χ1n) is 9.89. The molecule has 0 radical (unpaired) electrons. The number of benzene rings is 3. The average Bonchev–Trinajstić information content (AvgIpc) is 2.76. The molecule has 0 saturated carbocycles. The van der Waals surface area contributed by atoms with Crippen molar-refractivity contribution in [3.05, 3.63) is 72.3 Å². The highest BCUT2D eigenvalue weighted by Crippen LogP contribution is 2.28. The maximum absolute atomic E-state index is 13.0. The number of thiocarbonyl (C=S) groups is 1. The molecule has 0 unspecified atom stereocenters. The number of nitrogens with one attached hydrogen (secondary N) is 3. The second kappa shape index (κ2) is 10.3. The first kappa shape index (κ1) is 23.4. The Morgan fingerprint density at radius 1 is 0.969 bits per heavy atom. The number of sulfonamides is 1. The molecule has 168 valence electrons. The molecule has 3 aromatic carbocycles. The molecule has 32 heavy (non-hydrogen) atoms. The summed E-state index contributed by atoms with van der Waals surface area (Å²) >= 11 is 5.37. The van der Waals surface area contributed by atoms with Gasteiger partial charge in [0.05, 0.1) is 24.3 Å². The molecular formula is C23H25N3O4S2. The Labute approximate surface area is 193 Å². The molecule has 0 aliphatic heterocycles. The van der Waals surface area contributed by atoms with Crippen molar-refractivity contribution in [2.45, 2.75) is 18.7 Å². The van der Waals surface area contributed by atoms with Gasteiger partial charge in [0, 0.05) is 11.4 Å². The summed E-state index contributed by atoms with van der Waals surface area (Å²) in [5.41, 5.74) is 2.28. The number of aryl methyl sites for hydroxylation is 1. The maximum atomic E-state index is 13.0. The van der Waals surface area contributed by atoms with Gasteiger partial charge in [-0.15, -0.1) is 0 Å². The largest absolute Gasteiger partial charge is 0.495 e. The first-order valence-corrected chi connectivity index (χ1v) is 11.8. The van der Waals surface area contributed by atoms with Crippen molar-refractivity contribution in [1.82, 2.24) is 0 Å². The molecule has 0 fully saturated rings. The van der Waals surface area contributed by atoms with E-state index in [9.17, 15) is 8.42 Å². The molecule has 0 saturated heterocycles.